The number of halogens is 2. The van der Waals surface area contributed by atoms with Gasteiger partial charge in [-0.15, -0.1) is 0 Å². The van der Waals surface area contributed by atoms with E-state index in [0.29, 0.717) is 0 Å². The molecule has 0 heterocycles. The lowest BCUT2D eigenvalue weighted by molar-refractivity contribution is -0.139. The molecular weight excluding hydrogens is 341 g/mol. The molecule has 1 rings (SSSR count). The van der Waals surface area contributed by atoms with Crippen molar-refractivity contribution < 1.29 is 23.1 Å². The Morgan fingerprint density at radius 3 is 2.48 bits per heavy atom. The van der Waals surface area contributed by atoms with Gasteiger partial charge in [-0.2, -0.15) is 0 Å². The van der Waals surface area contributed by atoms with Crippen molar-refractivity contribution in [2.24, 2.45) is 0 Å². The van der Waals surface area contributed by atoms with E-state index >= 15 is 0 Å². The summed E-state index contributed by atoms with van der Waals surface area (Å²) in [5.41, 5.74) is 0.0229. The van der Waals surface area contributed by atoms with Crippen LogP contribution in [0.5, 0.6) is 0 Å². The molecule has 9 heteroatoms. The molecule has 1 atom stereocenters. The van der Waals surface area contributed by atoms with Crippen LogP contribution in [-0.2, 0) is 14.6 Å². The molecule has 0 fully saturated rings. The van der Waals surface area contributed by atoms with Crippen molar-refractivity contribution in [1.82, 2.24) is 5.32 Å². The summed E-state index contributed by atoms with van der Waals surface area (Å²) >= 11 is 11.6. The topological polar surface area (TPSA) is 101 Å². The third-order valence-electron chi connectivity index (χ3n) is 2.55. The van der Waals surface area contributed by atoms with Gasteiger partial charge in [-0.05, 0) is 24.6 Å². The first kappa shape index (κ1) is 17.7. The first-order valence-corrected chi connectivity index (χ1v) is 8.58. The zero-order chi connectivity index (χ0) is 16.2. The van der Waals surface area contributed by atoms with Gasteiger partial charge in [0.15, 0.2) is 0 Å². The lowest BCUT2D eigenvalue weighted by Crippen LogP contribution is -2.42. The van der Waals surface area contributed by atoms with Crippen molar-refractivity contribution in [3.8, 4) is 0 Å². The van der Waals surface area contributed by atoms with Crippen molar-refractivity contribution in [2.75, 3.05) is 12.0 Å². The third kappa shape index (κ3) is 5.91. The Balaban J connectivity index is 2.86. The molecule has 0 aliphatic rings. The Kier molecular flexibility index (Phi) is 6.00. The second-order valence-electron chi connectivity index (χ2n) is 4.41. The molecule has 116 valence electrons. The molecule has 0 bridgehead atoms. The van der Waals surface area contributed by atoms with E-state index in [4.69, 9.17) is 28.3 Å². The molecule has 0 aliphatic carbocycles. The molecule has 1 amide bonds. The van der Waals surface area contributed by atoms with Gasteiger partial charge >= 0.3 is 5.97 Å². The van der Waals surface area contributed by atoms with E-state index in [-0.39, 0.29) is 27.8 Å². The van der Waals surface area contributed by atoms with Crippen LogP contribution in [0.25, 0.3) is 0 Å². The Morgan fingerprint density at radius 2 is 1.95 bits per heavy atom. The van der Waals surface area contributed by atoms with Crippen LogP contribution in [0.1, 0.15) is 16.8 Å². The number of hydrogen-bond acceptors (Lipinski definition) is 4. The monoisotopic (exact) mass is 353 g/mol. The zero-order valence-electron chi connectivity index (χ0n) is 11.0. The van der Waals surface area contributed by atoms with Crippen LogP contribution in [0.15, 0.2) is 18.2 Å². The normalized spacial score (nSPS) is 12.7. The fourth-order valence-corrected chi connectivity index (χ4v) is 2.54. The summed E-state index contributed by atoms with van der Waals surface area (Å²) in [6.07, 6.45) is 0.750. The number of sulfone groups is 1. The second kappa shape index (κ2) is 7.11. The molecule has 0 aliphatic heterocycles. The molecule has 21 heavy (non-hydrogen) atoms. The predicted octanol–water partition coefficient (Wildman–Crippen LogP) is 1.61. The van der Waals surface area contributed by atoms with Crippen LogP contribution < -0.4 is 5.32 Å². The molecule has 0 radical (unpaired) electrons. The number of hydrogen-bond donors (Lipinski definition) is 2. The fraction of sp³-hybridized carbons (Fsp3) is 0.333. The van der Waals surface area contributed by atoms with Gasteiger partial charge in [-0.1, -0.05) is 23.2 Å². The molecule has 1 aromatic rings. The van der Waals surface area contributed by atoms with Crippen molar-refractivity contribution in [2.45, 2.75) is 12.5 Å². The first-order valence-electron chi connectivity index (χ1n) is 5.76. The van der Waals surface area contributed by atoms with Gasteiger partial charge in [-0.25, -0.2) is 13.2 Å². The number of carbonyl (C=O) groups is 2. The van der Waals surface area contributed by atoms with Gasteiger partial charge in [0.05, 0.1) is 16.3 Å². The van der Waals surface area contributed by atoms with Crippen LogP contribution in [0.2, 0.25) is 10.0 Å². The van der Waals surface area contributed by atoms with Gasteiger partial charge in [0.2, 0.25) is 0 Å². The molecule has 0 aromatic heterocycles. The summed E-state index contributed by atoms with van der Waals surface area (Å²) in [6.45, 7) is 0. The summed E-state index contributed by atoms with van der Waals surface area (Å²) < 4.78 is 22.1. The van der Waals surface area contributed by atoms with E-state index in [1.165, 1.54) is 18.2 Å². The lowest BCUT2D eigenvalue weighted by atomic mass is 10.1. The van der Waals surface area contributed by atoms with Crippen molar-refractivity contribution in [1.29, 1.82) is 0 Å². The van der Waals surface area contributed by atoms with E-state index in [1.54, 1.807) is 0 Å². The highest BCUT2D eigenvalue weighted by atomic mass is 35.5. The molecule has 0 saturated carbocycles. The summed E-state index contributed by atoms with van der Waals surface area (Å²) in [5.74, 6) is -2.42. The molecule has 0 spiro atoms. The summed E-state index contributed by atoms with van der Waals surface area (Å²) in [5, 5.41) is 11.6. The van der Waals surface area contributed by atoms with E-state index in [2.05, 4.69) is 5.32 Å². The maximum Gasteiger partial charge on any atom is 0.326 e. The Labute approximate surface area is 132 Å². The number of rotatable bonds is 6. The predicted molar refractivity (Wildman–Crippen MR) is 79.7 cm³/mol. The fourth-order valence-electron chi connectivity index (χ4n) is 1.50. The number of carbonyl (C=O) groups excluding carboxylic acids is 1. The van der Waals surface area contributed by atoms with Crippen LogP contribution in [-0.4, -0.2) is 43.5 Å². The van der Waals surface area contributed by atoms with E-state index in [9.17, 15) is 18.0 Å². The SMILES string of the molecule is CS(=O)(=O)CCC(NC(=O)c1cc(Cl)ccc1Cl)C(=O)O. The number of benzene rings is 1. The first-order chi connectivity index (χ1) is 9.60. The third-order valence-corrected chi connectivity index (χ3v) is 4.10. The Hall–Kier alpha value is -1.31. The molecule has 1 unspecified atom stereocenters. The van der Waals surface area contributed by atoms with Crippen LogP contribution >= 0.6 is 23.2 Å². The van der Waals surface area contributed by atoms with E-state index in [0.717, 1.165) is 6.26 Å². The Bertz CT molecular complexity index is 660. The average Bonchev–Trinajstić information content (AvgIpc) is 2.35. The number of carboxylic acid groups (broad SMARTS) is 1. The van der Waals surface area contributed by atoms with Gasteiger partial charge in [-0.3, -0.25) is 4.79 Å². The lowest BCUT2D eigenvalue weighted by Gasteiger charge is -2.14. The molecular formula is C12H13Cl2NO5S. The summed E-state index contributed by atoms with van der Waals surface area (Å²) in [4.78, 5) is 23.1. The number of aliphatic carboxylic acids is 1. The molecule has 6 nitrogen and oxygen atoms in total. The van der Waals surface area contributed by atoms with Gasteiger partial charge < -0.3 is 10.4 Å². The highest BCUT2D eigenvalue weighted by molar-refractivity contribution is 7.90. The van der Waals surface area contributed by atoms with Crippen LogP contribution in [0.4, 0.5) is 0 Å². The van der Waals surface area contributed by atoms with Gasteiger partial charge in [0.1, 0.15) is 15.9 Å². The smallest absolute Gasteiger partial charge is 0.326 e. The maximum atomic E-state index is 12.0. The van der Waals surface area contributed by atoms with Gasteiger partial charge in [0.25, 0.3) is 5.91 Å². The average molecular weight is 354 g/mol. The van der Waals surface area contributed by atoms with Crippen LogP contribution in [0, 0.1) is 0 Å². The zero-order valence-corrected chi connectivity index (χ0v) is 13.3. The van der Waals surface area contributed by atoms with Crippen molar-refractivity contribution in [3.63, 3.8) is 0 Å². The minimum absolute atomic E-state index is 0.0229. The molecule has 2 N–H and O–H groups in total. The minimum Gasteiger partial charge on any atom is -0.480 e. The summed E-state index contributed by atoms with van der Waals surface area (Å²) in [7, 11) is -3.33. The standard InChI is InChI=1S/C12H13Cl2NO5S/c1-21(19,20)5-4-10(12(17)18)15-11(16)8-6-7(13)2-3-9(8)14/h2-3,6,10H,4-5H2,1H3,(H,15,16)(H,17,18). The highest BCUT2D eigenvalue weighted by Crippen LogP contribution is 2.20. The second-order valence-corrected chi connectivity index (χ2v) is 7.51. The maximum absolute atomic E-state index is 12.0. The quantitative estimate of drug-likeness (QED) is 0.808. The summed E-state index contributed by atoms with van der Waals surface area (Å²) in [6, 6.07) is 2.86. The molecule has 0 saturated heterocycles. The van der Waals surface area contributed by atoms with E-state index in [1.807, 2.05) is 0 Å². The Morgan fingerprint density at radius 1 is 1.33 bits per heavy atom. The molecule has 1 aromatic carbocycles. The minimum atomic E-state index is -3.33. The van der Waals surface area contributed by atoms with Crippen molar-refractivity contribution >= 4 is 44.9 Å². The largest absolute Gasteiger partial charge is 0.480 e. The number of carboxylic acids is 1. The van der Waals surface area contributed by atoms with Gasteiger partial charge in [0, 0.05) is 11.3 Å². The van der Waals surface area contributed by atoms with E-state index < -0.39 is 27.8 Å². The van der Waals surface area contributed by atoms with Crippen molar-refractivity contribution in [3.05, 3.63) is 33.8 Å². The van der Waals surface area contributed by atoms with Crippen LogP contribution in [0.3, 0.4) is 0 Å². The number of amides is 1. The number of nitrogens with one attached hydrogen (secondary N) is 1. The highest BCUT2D eigenvalue weighted by Gasteiger charge is 2.23.